The molecule has 2 N–H and O–H groups in total. The van der Waals surface area contributed by atoms with E-state index in [9.17, 15) is 9.18 Å². The number of benzene rings is 1. The molecule has 1 aliphatic rings. The molecule has 0 aliphatic carbocycles. The average Bonchev–Trinajstić information content (AvgIpc) is 3.13. The first kappa shape index (κ1) is 21.2. The molecular formula is C23H23F2N7O. The molecule has 1 aromatic carbocycles. The van der Waals surface area contributed by atoms with Crippen molar-refractivity contribution in [3.05, 3.63) is 59.8 Å². The van der Waals surface area contributed by atoms with Gasteiger partial charge in [0.15, 0.2) is 11.5 Å². The van der Waals surface area contributed by atoms with Gasteiger partial charge in [-0.15, -0.1) is 0 Å². The maximum atomic E-state index is 15.4. The van der Waals surface area contributed by atoms with Crippen LogP contribution in [0.3, 0.4) is 0 Å². The van der Waals surface area contributed by atoms with E-state index in [1.54, 1.807) is 13.1 Å². The van der Waals surface area contributed by atoms with Gasteiger partial charge in [0.2, 0.25) is 0 Å². The Morgan fingerprint density at radius 2 is 1.76 bits per heavy atom. The maximum Gasteiger partial charge on any atom is 0.260 e. The van der Waals surface area contributed by atoms with Gasteiger partial charge in [0.05, 0.1) is 17.1 Å². The summed E-state index contributed by atoms with van der Waals surface area (Å²) in [6.45, 7) is 7.21. The number of fused-ring (bicyclic) bond motifs is 2. The van der Waals surface area contributed by atoms with E-state index in [2.05, 4.69) is 44.3 Å². The summed E-state index contributed by atoms with van der Waals surface area (Å²) < 4.78 is 31.3. The van der Waals surface area contributed by atoms with Crippen molar-refractivity contribution in [2.75, 3.05) is 23.3 Å². The van der Waals surface area contributed by atoms with Gasteiger partial charge in [-0.1, -0.05) is 0 Å². The second kappa shape index (κ2) is 8.04. The molecule has 4 aromatic rings. The number of imidazole rings is 1. The van der Waals surface area contributed by atoms with Gasteiger partial charge in [-0.05, 0) is 20.8 Å². The van der Waals surface area contributed by atoms with E-state index in [1.165, 1.54) is 29.1 Å². The molecule has 1 amide bonds. The van der Waals surface area contributed by atoms with Crippen LogP contribution in [-0.4, -0.2) is 50.4 Å². The van der Waals surface area contributed by atoms with Crippen LogP contribution in [0.2, 0.25) is 0 Å². The molecule has 4 heterocycles. The number of rotatable bonds is 3. The number of carbonyl (C=O) groups excluding carboxylic acids is 1. The van der Waals surface area contributed by atoms with E-state index < -0.39 is 17.5 Å². The number of anilines is 2. The molecule has 33 heavy (non-hydrogen) atoms. The van der Waals surface area contributed by atoms with Gasteiger partial charge in [-0.2, -0.15) is 0 Å². The second-order valence-corrected chi connectivity index (χ2v) is 8.52. The molecule has 2 atom stereocenters. The standard InChI is InChI=1S/C23H23F2N7O/c1-12-8-31(9-13(2)28-12)18-7-16(24)19(21-20(18)26-4-5-27-21)23(33)30-15-6-17(25)22-29-14(3)10-32(22)11-15/h4-7,10-13,28H,8-9H2,1-3H3,(H,30,33)/t12-,13+. The van der Waals surface area contributed by atoms with E-state index in [0.29, 0.717) is 30.0 Å². The number of aryl methyl sites for hydroxylation is 1. The van der Waals surface area contributed by atoms with Crippen LogP contribution in [0.25, 0.3) is 16.7 Å². The zero-order valence-electron chi connectivity index (χ0n) is 18.4. The Labute approximate surface area is 188 Å². The number of aromatic nitrogens is 4. The van der Waals surface area contributed by atoms with Crippen molar-refractivity contribution in [1.29, 1.82) is 0 Å². The first-order valence-corrected chi connectivity index (χ1v) is 10.7. The van der Waals surface area contributed by atoms with Gasteiger partial charge in [0, 0.05) is 62.1 Å². The van der Waals surface area contributed by atoms with Gasteiger partial charge in [-0.3, -0.25) is 14.8 Å². The van der Waals surface area contributed by atoms with Gasteiger partial charge >= 0.3 is 0 Å². The zero-order chi connectivity index (χ0) is 23.3. The molecule has 1 fully saturated rings. The molecule has 0 saturated carbocycles. The number of carbonyl (C=O) groups is 1. The molecule has 0 bridgehead atoms. The number of hydrogen-bond acceptors (Lipinski definition) is 6. The van der Waals surface area contributed by atoms with Crippen LogP contribution in [0.1, 0.15) is 29.9 Å². The lowest BCUT2D eigenvalue weighted by Crippen LogP contribution is -2.54. The highest BCUT2D eigenvalue weighted by Crippen LogP contribution is 2.31. The predicted octanol–water partition coefficient (Wildman–Crippen LogP) is 3.30. The van der Waals surface area contributed by atoms with Crippen molar-refractivity contribution in [2.45, 2.75) is 32.9 Å². The van der Waals surface area contributed by atoms with Crippen molar-refractivity contribution in [3.63, 3.8) is 0 Å². The lowest BCUT2D eigenvalue weighted by Gasteiger charge is -2.38. The summed E-state index contributed by atoms with van der Waals surface area (Å²) in [4.78, 5) is 27.9. The molecular weight excluding hydrogens is 428 g/mol. The minimum Gasteiger partial charge on any atom is -0.367 e. The quantitative estimate of drug-likeness (QED) is 0.497. The van der Waals surface area contributed by atoms with Crippen molar-refractivity contribution in [2.24, 2.45) is 0 Å². The van der Waals surface area contributed by atoms with Crippen LogP contribution in [0.15, 0.2) is 36.9 Å². The summed E-state index contributed by atoms with van der Waals surface area (Å²) in [5.74, 6) is -2.04. The number of pyridine rings is 1. The minimum atomic E-state index is -0.734. The number of nitrogens with zero attached hydrogens (tertiary/aromatic N) is 5. The fourth-order valence-corrected chi connectivity index (χ4v) is 4.50. The number of hydrogen-bond donors (Lipinski definition) is 2. The Morgan fingerprint density at radius 1 is 1.06 bits per heavy atom. The monoisotopic (exact) mass is 451 g/mol. The molecule has 170 valence electrons. The Kier molecular flexibility index (Phi) is 5.16. The van der Waals surface area contributed by atoms with Gasteiger partial charge in [0.25, 0.3) is 5.91 Å². The summed E-state index contributed by atoms with van der Waals surface area (Å²) in [5, 5.41) is 6.03. The summed E-state index contributed by atoms with van der Waals surface area (Å²) in [6.07, 6.45) is 6.11. The van der Waals surface area contributed by atoms with Crippen LogP contribution in [0.4, 0.5) is 20.2 Å². The summed E-state index contributed by atoms with van der Waals surface area (Å²) in [7, 11) is 0. The predicted molar refractivity (Wildman–Crippen MR) is 122 cm³/mol. The topological polar surface area (TPSA) is 87.5 Å². The summed E-state index contributed by atoms with van der Waals surface area (Å²) in [5.41, 5.74) is 1.91. The third-order valence-corrected chi connectivity index (χ3v) is 5.69. The molecule has 8 nitrogen and oxygen atoms in total. The molecule has 0 radical (unpaired) electrons. The molecule has 1 saturated heterocycles. The van der Waals surface area contributed by atoms with Crippen LogP contribution in [0.5, 0.6) is 0 Å². The minimum absolute atomic E-state index is 0.150. The van der Waals surface area contributed by atoms with Gasteiger partial charge < -0.3 is 19.9 Å². The number of nitrogens with one attached hydrogen (secondary N) is 2. The molecule has 0 spiro atoms. The van der Waals surface area contributed by atoms with Crippen molar-refractivity contribution >= 4 is 34.0 Å². The number of halogens is 2. The summed E-state index contributed by atoms with van der Waals surface area (Å²) in [6, 6.07) is 2.91. The molecule has 10 heteroatoms. The highest BCUT2D eigenvalue weighted by atomic mass is 19.1. The lowest BCUT2D eigenvalue weighted by atomic mass is 10.1. The van der Waals surface area contributed by atoms with E-state index in [4.69, 9.17) is 0 Å². The van der Waals surface area contributed by atoms with Crippen molar-refractivity contribution < 1.29 is 13.6 Å². The smallest absolute Gasteiger partial charge is 0.260 e. The SMILES string of the molecule is Cc1cn2cc(NC(=O)c3c(F)cc(N4C[C@@H](C)N[C@@H](C)C4)c4nccnc34)cc(F)c2n1. The zero-order valence-corrected chi connectivity index (χ0v) is 18.4. The third-order valence-electron chi connectivity index (χ3n) is 5.69. The van der Waals surface area contributed by atoms with Crippen molar-refractivity contribution in [3.8, 4) is 0 Å². The number of piperazine rings is 1. The highest BCUT2D eigenvalue weighted by molar-refractivity contribution is 6.13. The van der Waals surface area contributed by atoms with Crippen molar-refractivity contribution in [1.82, 2.24) is 24.7 Å². The van der Waals surface area contributed by atoms with E-state index in [-0.39, 0.29) is 34.5 Å². The Hall–Kier alpha value is -3.66. The van der Waals surface area contributed by atoms with E-state index in [0.717, 1.165) is 6.07 Å². The third kappa shape index (κ3) is 3.86. The van der Waals surface area contributed by atoms with Crippen LogP contribution >= 0.6 is 0 Å². The lowest BCUT2D eigenvalue weighted by molar-refractivity contribution is 0.102. The van der Waals surface area contributed by atoms with Gasteiger partial charge in [-0.25, -0.2) is 13.8 Å². The van der Waals surface area contributed by atoms with Crippen LogP contribution in [-0.2, 0) is 0 Å². The first-order valence-electron chi connectivity index (χ1n) is 10.7. The Bertz CT molecular complexity index is 1380. The van der Waals surface area contributed by atoms with Crippen LogP contribution < -0.4 is 15.5 Å². The Morgan fingerprint density at radius 3 is 2.48 bits per heavy atom. The van der Waals surface area contributed by atoms with Crippen LogP contribution in [0, 0.1) is 18.6 Å². The van der Waals surface area contributed by atoms with Gasteiger partial charge in [0.1, 0.15) is 22.4 Å². The normalized spacial score (nSPS) is 18.8. The first-order chi connectivity index (χ1) is 15.8. The fourth-order valence-electron chi connectivity index (χ4n) is 4.50. The molecule has 5 rings (SSSR count). The second-order valence-electron chi connectivity index (χ2n) is 8.52. The molecule has 3 aromatic heterocycles. The maximum absolute atomic E-state index is 15.4. The summed E-state index contributed by atoms with van der Waals surface area (Å²) >= 11 is 0. The average molecular weight is 451 g/mol. The molecule has 1 aliphatic heterocycles. The fraction of sp³-hybridized carbons (Fsp3) is 0.304. The van der Waals surface area contributed by atoms with E-state index >= 15 is 4.39 Å². The molecule has 0 unspecified atom stereocenters. The Balaban J connectivity index is 1.55. The number of amides is 1. The largest absolute Gasteiger partial charge is 0.367 e. The highest BCUT2D eigenvalue weighted by Gasteiger charge is 2.27. The van der Waals surface area contributed by atoms with E-state index in [1.807, 2.05) is 0 Å².